The zero-order valence-corrected chi connectivity index (χ0v) is 15.7. The van der Waals surface area contributed by atoms with E-state index in [4.69, 9.17) is 5.73 Å². The predicted octanol–water partition coefficient (Wildman–Crippen LogP) is -1.52. The second-order valence-corrected chi connectivity index (χ2v) is 4.92. The van der Waals surface area contributed by atoms with Crippen molar-refractivity contribution in [1.29, 1.82) is 0 Å². The molecule has 0 amide bonds. The summed E-state index contributed by atoms with van der Waals surface area (Å²) in [4.78, 5) is 15.2. The van der Waals surface area contributed by atoms with Crippen LogP contribution in [0, 0.1) is 5.82 Å². The maximum Gasteiger partial charge on any atom is 1.00 e. The van der Waals surface area contributed by atoms with Crippen molar-refractivity contribution in [3.8, 4) is 0 Å². The second kappa shape index (κ2) is 9.48. The van der Waals surface area contributed by atoms with E-state index in [-0.39, 0.29) is 63.5 Å². The zero-order chi connectivity index (χ0) is 16.1. The fourth-order valence-electron chi connectivity index (χ4n) is 2.37. The van der Waals surface area contributed by atoms with Crippen molar-refractivity contribution in [2.45, 2.75) is 18.4 Å². The number of nitrogens with two attached hydrogens (primary N) is 1. The van der Waals surface area contributed by atoms with E-state index in [2.05, 4.69) is 4.89 Å². The van der Waals surface area contributed by atoms with E-state index in [1.54, 1.807) is 30.3 Å². The molecule has 0 aliphatic heterocycles. The van der Waals surface area contributed by atoms with E-state index < -0.39 is 23.8 Å². The van der Waals surface area contributed by atoms with Crippen LogP contribution in [-0.4, -0.2) is 17.2 Å². The molecule has 23 heavy (non-hydrogen) atoms. The summed E-state index contributed by atoms with van der Waals surface area (Å²) in [6.45, 7) is 0. The summed E-state index contributed by atoms with van der Waals surface area (Å²) in [6, 6.07) is 12.5. The molecule has 0 aromatic heterocycles. The van der Waals surface area contributed by atoms with Crippen LogP contribution in [0.4, 0.5) is 10.1 Å². The Hall–Kier alpha value is -0.804. The molecule has 2 unspecified atom stereocenters. The number of hydrogen-bond donors (Lipinski definition) is 2. The molecule has 0 radical (unpaired) electrons. The molecule has 0 bridgehead atoms. The van der Waals surface area contributed by atoms with Crippen LogP contribution in [0.3, 0.4) is 0 Å². The van der Waals surface area contributed by atoms with Gasteiger partial charge in [0.2, 0.25) is 0 Å². The first-order valence-electron chi connectivity index (χ1n) is 6.63. The summed E-state index contributed by atoms with van der Waals surface area (Å²) in [5, 5.41) is 20.0. The van der Waals surface area contributed by atoms with Gasteiger partial charge in [-0.15, -0.1) is 0 Å². The summed E-state index contributed by atoms with van der Waals surface area (Å²) >= 11 is 0. The van der Waals surface area contributed by atoms with Crippen molar-refractivity contribution in [2.24, 2.45) is 0 Å². The third-order valence-corrected chi connectivity index (χ3v) is 3.49. The van der Waals surface area contributed by atoms with Crippen LogP contribution >= 0.6 is 0 Å². The monoisotopic (exact) mass is 343 g/mol. The van der Waals surface area contributed by atoms with Gasteiger partial charge in [0.25, 0.3) is 0 Å². The SMILES string of the molecule is Nc1cc(F)ccc1CC(c1ccccc1)C(O[O-])C(=O)O.[K+]. The van der Waals surface area contributed by atoms with Crippen molar-refractivity contribution in [1.82, 2.24) is 0 Å². The number of halogens is 1. The number of rotatable bonds is 6. The molecule has 0 aliphatic carbocycles. The van der Waals surface area contributed by atoms with Gasteiger partial charge >= 0.3 is 57.4 Å². The van der Waals surface area contributed by atoms with Crippen LogP contribution in [0.25, 0.3) is 0 Å². The molecule has 0 heterocycles. The molecule has 2 aromatic carbocycles. The van der Waals surface area contributed by atoms with E-state index in [1.165, 1.54) is 12.1 Å². The Morgan fingerprint density at radius 3 is 2.43 bits per heavy atom. The van der Waals surface area contributed by atoms with Gasteiger partial charge in [-0.25, -0.2) is 9.18 Å². The molecule has 0 aliphatic rings. The van der Waals surface area contributed by atoms with Crippen molar-refractivity contribution < 1.29 is 75.8 Å². The molecule has 2 atom stereocenters. The number of benzene rings is 2. The van der Waals surface area contributed by atoms with Crippen LogP contribution in [0.15, 0.2) is 48.5 Å². The second-order valence-electron chi connectivity index (χ2n) is 4.92. The topological polar surface area (TPSA) is 95.6 Å². The van der Waals surface area contributed by atoms with Gasteiger partial charge in [0.1, 0.15) is 5.82 Å². The molecule has 2 rings (SSSR count). The number of anilines is 1. The molecule has 0 fully saturated rings. The van der Waals surface area contributed by atoms with E-state index in [1.807, 2.05) is 0 Å². The first kappa shape index (κ1) is 20.2. The quantitative estimate of drug-likeness (QED) is 0.288. The molecule has 7 heteroatoms. The fourth-order valence-corrected chi connectivity index (χ4v) is 2.37. The van der Waals surface area contributed by atoms with Gasteiger partial charge in [0, 0.05) is 11.6 Å². The Balaban J connectivity index is 0.00000264. The Morgan fingerprint density at radius 1 is 1.26 bits per heavy atom. The molecule has 0 saturated heterocycles. The van der Waals surface area contributed by atoms with Crippen molar-refractivity contribution >= 4 is 11.7 Å². The van der Waals surface area contributed by atoms with Crippen molar-refractivity contribution in [3.63, 3.8) is 0 Å². The first-order valence-corrected chi connectivity index (χ1v) is 6.63. The maximum atomic E-state index is 13.1. The Kier molecular flexibility index (Phi) is 8.34. The fraction of sp³-hybridized carbons (Fsp3) is 0.188. The molecule has 5 nitrogen and oxygen atoms in total. The number of carboxylic acid groups (broad SMARTS) is 1. The van der Waals surface area contributed by atoms with Gasteiger partial charge in [-0.2, -0.15) is 0 Å². The van der Waals surface area contributed by atoms with Crippen LogP contribution < -0.4 is 62.4 Å². The number of aliphatic carboxylic acids is 1. The van der Waals surface area contributed by atoms with Gasteiger partial charge in [0.05, 0.1) is 0 Å². The molecule has 3 N–H and O–H groups in total. The number of hydrogen-bond acceptors (Lipinski definition) is 4. The van der Waals surface area contributed by atoms with Gasteiger partial charge in [-0.1, -0.05) is 36.4 Å². The van der Waals surface area contributed by atoms with Gasteiger partial charge in [-0.05, 0) is 29.7 Å². The molecular formula is C16H15FKNO4. The normalized spacial score (nSPS) is 13.0. The van der Waals surface area contributed by atoms with Crippen LogP contribution in [0.1, 0.15) is 17.0 Å². The van der Waals surface area contributed by atoms with Gasteiger partial charge in [0.15, 0.2) is 6.10 Å². The minimum absolute atomic E-state index is 0. The van der Waals surface area contributed by atoms with Crippen molar-refractivity contribution in [2.75, 3.05) is 5.73 Å². The largest absolute Gasteiger partial charge is 1.00 e. The van der Waals surface area contributed by atoms with Crippen LogP contribution in [0.2, 0.25) is 0 Å². The summed E-state index contributed by atoms with van der Waals surface area (Å²) in [5.41, 5.74) is 7.15. The van der Waals surface area contributed by atoms with Crippen LogP contribution in [0.5, 0.6) is 0 Å². The minimum atomic E-state index is -1.56. The molecule has 2 aromatic rings. The minimum Gasteiger partial charge on any atom is -0.723 e. The van der Waals surface area contributed by atoms with E-state index in [0.717, 1.165) is 6.07 Å². The molecule has 116 valence electrons. The standard InChI is InChI=1S/C16H16FNO4.K/c17-12-7-6-11(14(18)9-12)8-13(15(22-21)16(19)20)10-4-2-1-3-5-10;/h1-7,9,13,15,21H,8,18H2,(H,19,20);/q;+1/p-1. The average molecular weight is 343 g/mol. The van der Waals surface area contributed by atoms with E-state index in [0.29, 0.717) is 11.1 Å². The number of carboxylic acids is 1. The smallest absolute Gasteiger partial charge is 0.723 e. The van der Waals surface area contributed by atoms with Crippen LogP contribution in [-0.2, 0) is 16.1 Å². The predicted molar refractivity (Wildman–Crippen MR) is 76.2 cm³/mol. The van der Waals surface area contributed by atoms with Crippen molar-refractivity contribution in [3.05, 3.63) is 65.5 Å². The summed E-state index contributed by atoms with van der Waals surface area (Å²) in [6.07, 6.45) is -1.41. The molecule has 0 saturated carbocycles. The number of carbonyl (C=O) groups is 1. The molecular weight excluding hydrogens is 328 g/mol. The molecule has 0 spiro atoms. The summed E-state index contributed by atoms with van der Waals surface area (Å²) < 4.78 is 13.1. The van der Waals surface area contributed by atoms with E-state index in [9.17, 15) is 19.5 Å². The third-order valence-electron chi connectivity index (χ3n) is 3.49. The zero-order valence-electron chi connectivity index (χ0n) is 12.6. The number of nitrogen functional groups attached to an aromatic ring is 1. The van der Waals surface area contributed by atoms with Gasteiger partial charge in [-0.3, -0.25) is 0 Å². The summed E-state index contributed by atoms with van der Waals surface area (Å²) in [7, 11) is 0. The summed E-state index contributed by atoms with van der Waals surface area (Å²) in [5.74, 6) is -2.57. The average Bonchev–Trinajstić information content (AvgIpc) is 2.50. The maximum absolute atomic E-state index is 13.1. The van der Waals surface area contributed by atoms with E-state index >= 15 is 0 Å². The Labute approximate surface area is 175 Å². The van der Waals surface area contributed by atoms with Gasteiger partial charge < -0.3 is 21.0 Å². The Bertz CT molecular complexity index is 654. The Morgan fingerprint density at radius 2 is 1.91 bits per heavy atom. The third kappa shape index (κ3) is 5.35. The first-order chi connectivity index (χ1) is 10.5.